The lowest BCUT2D eigenvalue weighted by Crippen LogP contribution is -2.51. The maximum atomic E-state index is 13.6. The average Bonchev–Trinajstić information content (AvgIpc) is 3.76. The molecule has 41 heavy (non-hydrogen) atoms. The van der Waals surface area contributed by atoms with E-state index in [1.54, 1.807) is 6.07 Å². The Kier molecular flexibility index (Phi) is 9.18. The summed E-state index contributed by atoms with van der Waals surface area (Å²) in [6.45, 7) is 17.5. The van der Waals surface area contributed by atoms with Crippen LogP contribution in [0.4, 0.5) is 16.4 Å². The van der Waals surface area contributed by atoms with Gasteiger partial charge in [0.15, 0.2) is 0 Å². The molecule has 0 saturated heterocycles. The molecule has 10 nitrogen and oxygen atoms in total. The van der Waals surface area contributed by atoms with Crippen molar-refractivity contribution in [1.82, 2.24) is 20.1 Å². The van der Waals surface area contributed by atoms with Gasteiger partial charge in [0.05, 0.1) is 5.69 Å². The number of nitrogens with one attached hydrogen (secondary N) is 2. The number of carbonyl (C=O) groups is 2. The second-order valence-electron chi connectivity index (χ2n) is 13.9. The molecule has 0 unspecified atom stereocenters. The summed E-state index contributed by atoms with van der Waals surface area (Å²) in [4.78, 5) is 30.8. The Morgan fingerprint density at radius 3 is 2.29 bits per heavy atom. The van der Waals surface area contributed by atoms with Crippen LogP contribution in [0, 0.1) is 31.6 Å². The van der Waals surface area contributed by atoms with Crippen LogP contribution < -0.4 is 16.4 Å². The summed E-state index contributed by atoms with van der Waals surface area (Å²) >= 11 is 0. The third-order valence-electron chi connectivity index (χ3n) is 7.71. The molecule has 0 radical (unpaired) electrons. The molecule has 0 aliphatic heterocycles. The zero-order chi connectivity index (χ0) is 30.1. The molecule has 2 aromatic rings. The normalized spacial score (nSPS) is 16.5. The van der Waals surface area contributed by atoms with Gasteiger partial charge in [-0.3, -0.25) is 4.79 Å². The smallest absolute Gasteiger partial charge is 0.408 e. The number of pyridine rings is 1. The Balaban J connectivity index is 1.48. The summed E-state index contributed by atoms with van der Waals surface area (Å²) in [6.07, 6.45) is 3.74. The number of aryl methyl sites for hydroxylation is 1. The van der Waals surface area contributed by atoms with Crippen molar-refractivity contribution in [3.8, 4) is 11.1 Å². The second kappa shape index (κ2) is 12.1. The SMILES string of the molecule is Cc1nn(COCC[Si](C)(C)C)c(C)c1-c1ccc(NC(=O)[C@@H](NC(=O)OC(C)(C)C)C(C2CC2)C2CC2)nc1N. The molecule has 0 aromatic carbocycles. The standard InChI is InChI=1S/C30H48N6O4Si/c1-18-24(19(2)36(35-18)17-39-15-16-41(6,7)8)22-13-14-23(32-27(22)31)33-28(37)26(34-29(38)40-30(3,4)5)25(20-9-10-20)21-11-12-21/h13-14,20-21,25-26H,9-12,15-17H2,1-8H3,(H,34,38)(H3,31,32,33,37)/t26-/m0/s1. The Hall–Kier alpha value is -2.92. The van der Waals surface area contributed by atoms with Crippen LogP contribution >= 0.6 is 0 Å². The summed E-state index contributed by atoms with van der Waals surface area (Å²) < 4.78 is 13.3. The number of carbonyl (C=O) groups excluding carboxylic acids is 2. The fourth-order valence-electron chi connectivity index (χ4n) is 5.36. The summed E-state index contributed by atoms with van der Waals surface area (Å²) in [7, 11) is -1.17. The third-order valence-corrected chi connectivity index (χ3v) is 9.41. The minimum atomic E-state index is -1.17. The van der Waals surface area contributed by atoms with Gasteiger partial charge in [-0.15, -0.1) is 0 Å². The van der Waals surface area contributed by atoms with Gasteiger partial charge >= 0.3 is 6.09 Å². The maximum absolute atomic E-state index is 13.6. The van der Waals surface area contributed by atoms with Crippen LogP contribution in [-0.4, -0.2) is 53.1 Å². The van der Waals surface area contributed by atoms with Crippen molar-refractivity contribution in [1.29, 1.82) is 0 Å². The molecule has 1 atom stereocenters. The van der Waals surface area contributed by atoms with E-state index >= 15 is 0 Å². The molecular weight excluding hydrogens is 536 g/mol. The first-order valence-electron chi connectivity index (χ1n) is 14.8. The van der Waals surface area contributed by atoms with E-state index in [9.17, 15) is 9.59 Å². The lowest BCUT2D eigenvalue weighted by Gasteiger charge is -2.29. The van der Waals surface area contributed by atoms with E-state index in [4.69, 9.17) is 15.2 Å². The van der Waals surface area contributed by atoms with Gasteiger partial charge in [0.25, 0.3) is 0 Å². The van der Waals surface area contributed by atoms with E-state index < -0.39 is 25.8 Å². The summed E-state index contributed by atoms with van der Waals surface area (Å²) in [5, 5.41) is 10.5. The fraction of sp³-hybridized carbons (Fsp3) is 0.667. The van der Waals surface area contributed by atoms with Gasteiger partial charge in [0.1, 0.15) is 30.0 Å². The molecule has 0 bridgehead atoms. The van der Waals surface area contributed by atoms with Crippen molar-refractivity contribution in [2.45, 2.75) is 104 Å². The lowest BCUT2D eigenvalue weighted by molar-refractivity contribution is -0.120. The molecule has 2 heterocycles. The largest absolute Gasteiger partial charge is 0.444 e. The summed E-state index contributed by atoms with van der Waals surface area (Å²) in [6, 6.07) is 4.01. The molecule has 0 spiro atoms. The van der Waals surface area contributed by atoms with Gasteiger partial charge in [0.2, 0.25) is 5.91 Å². The van der Waals surface area contributed by atoms with Crippen LogP contribution in [0.2, 0.25) is 25.7 Å². The highest BCUT2D eigenvalue weighted by molar-refractivity contribution is 6.76. The van der Waals surface area contributed by atoms with Crippen molar-refractivity contribution in [3.05, 3.63) is 23.5 Å². The number of anilines is 2. The van der Waals surface area contributed by atoms with Crippen LogP contribution in [0.5, 0.6) is 0 Å². The number of alkyl carbamates (subject to hydrolysis) is 1. The van der Waals surface area contributed by atoms with Crippen molar-refractivity contribution in [2.24, 2.45) is 17.8 Å². The van der Waals surface area contributed by atoms with E-state index in [0.29, 0.717) is 36.8 Å². The molecule has 4 N–H and O–H groups in total. The highest BCUT2D eigenvalue weighted by atomic mass is 28.3. The van der Waals surface area contributed by atoms with E-state index in [0.717, 1.165) is 54.2 Å². The van der Waals surface area contributed by atoms with Gasteiger partial charge in [-0.05, 0) is 96.2 Å². The molecule has 2 aliphatic rings. The van der Waals surface area contributed by atoms with Gasteiger partial charge in [-0.1, -0.05) is 19.6 Å². The number of nitrogens with two attached hydrogens (primary N) is 1. The number of aromatic nitrogens is 3. The molecule has 2 aliphatic carbocycles. The topological polar surface area (TPSA) is 133 Å². The molecule has 226 valence electrons. The number of nitrogen functional groups attached to an aromatic ring is 1. The monoisotopic (exact) mass is 584 g/mol. The van der Waals surface area contributed by atoms with Gasteiger partial charge in [-0.2, -0.15) is 5.10 Å². The molecule has 4 rings (SSSR count). The number of amides is 2. The number of hydrogen-bond donors (Lipinski definition) is 3. The molecular formula is C30H48N6O4Si. The zero-order valence-electron chi connectivity index (χ0n) is 26.0. The van der Waals surface area contributed by atoms with E-state index in [2.05, 4.69) is 40.4 Å². The van der Waals surface area contributed by atoms with Gasteiger partial charge in [-0.25, -0.2) is 14.5 Å². The molecule has 2 fully saturated rings. The van der Waals surface area contributed by atoms with E-state index in [1.807, 2.05) is 45.4 Å². The van der Waals surface area contributed by atoms with Crippen molar-refractivity contribution < 1.29 is 19.1 Å². The highest BCUT2D eigenvalue weighted by Gasteiger charge is 2.48. The summed E-state index contributed by atoms with van der Waals surface area (Å²) in [5.74, 6) is 1.31. The Morgan fingerprint density at radius 2 is 1.76 bits per heavy atom. The predicted molar refractivity (Wildman–Crippen MR) is 164 cm³/mol. The molecule has 2 amide bonds. The number of ether oxygens (including phenoxy) is 2. The minimum absolute atomic E-state index is 0.0863. The average molecular weight is 585 g/mol. The fourth-order valence-corrected chi connectivity index (χ4v) is 6.12. The molecule has 2 saturated carbocycles. The number of hydrogen-bond acceptors (Lipinski definition) is 7. The van der Waals surface area contributed by atoms with Gasteiger partial charge in [0, 0.05) is 31.5 Å². The first kappa shape index (κ1) is 31.0. The maximum Gasteiger partial charge on any atom is 0.408 e. The number of nitrogens with zero attached hydrogens (tertiary/aromatic N) is 3. The Bertz CT molecular complexity index is 1240. The molecule has 2 aromatic heterocycles. The van der Waals surface area contributed by atoms with Crippen LogP contribution in [0.1, 0.15) is 57.8 Å². The quantitative estimate of drug-likeness (QED) is 0.214. The van der Waals surface area contributed by atoms with Crippen LogP contribution in [0.3, 0.4) is 0 Å². The highest BCUT2D eigenvalue weighted by Crippen LogP contribution is 2.51. The second-order valence-corrected chi connectivity index (χ2v) is 19.5. The van der Waals surface area contributed by atoms with E-state index in [1.165, 1.54) is 0 Å². The number of rotatable bonds is 12. The van der Waals surface area contributed by atoms with E-state index in [-0.39, 0.29) is 11.8 Å². The van der Waals surface area contributed by atoms with Crippen LogP contribution in [0.25, 0.3) is 11.1 Å². The zero-order valence-corrected chi connectivity index (χ0v) is 27.0. The third kappa shape index (κ3) is 8.54. The van der Waals surface area contributed by atoms with Gasteiger partial charge < -0.3 is 25.8 Å². The minimum Gasteiger partial charge on any atom is -0.444 e. The predicted octanol–water partition coefficient (Wildman–Crippen LogP) is 5.72. The van der Waals surface area contributed by atoms with Crippen LogP contribution in [0.15, 0.2) is 12.1 Å². The lowest BCUT2D eigenvalue weighted by atomic mass is 9.89. The first-order valence-corrected chi connectivity index (χ1v) is 18.5. The summed E-state index contributed by atoms with van der Waals surface area (Å²) in [5.41, 5.74) is 9.22. The van der Waals surface area contributed by atoms with Crippen molar-refractivity contribution >= 4 is 31.7 Å². The van der Waals surface area contributed by atoms with Crippen molar-refractivity contribution in [3.63, 3.8) is 0 Å². The first-order chi connectivity index (χ1) is 19.1. The Morgan fingerprint density at radius 1 is 1.12 bits per heavy atom. The molecule has 11 heteroatoms. The van der Waals surface area contributed by atoms with Crippen LogP contribution in [-0.2, 0) is 21.0 Å². The Labute approximate surface area is 245 Å². The van der Waals surface area contributed by atoms with Crippen molar-refractivity contribution in [2.75, 3.05) is 17.7 Å².